The van der Waals surface area contributed by atoms with E-state index >= 15 is 0 Å². The lowest BCUT2D eigenvalue weighted by Gasteiger charge is -2.14. The molecule has 1 amide bonds. The first-order valence-corrected chi connectivity index (χ1v) is 8.24. The second kappa shape index (κ2) is 8.75. The molecule has 0 unspecified atom stereocenters. The van der Waals surface area contributed by atoms with Gasteiger partial charge in [-0.2, -0.15) is 13.2 Å². The lowest BCUT2D eigenvalue weighted by atomic mass is 10.1. The van der Waals surface area contributed by atoms with Gasteiger partial charge in [0.15, 0.2) is 0 Å². The Labute approximate surface area is 154 Å². The molecule has 27 heavy (non-hydrogen) atoms. The summed E-state index contributed by atoms with van der Waals surface area (Å²) in [5.74, 6) is -0.993. The molecule has 2 N–H and O–H groups in total. The van der Waals surface area contributed by atoms with Crippen LogP contribution in [0.3, 0.4) is 0 Å². The molecule has 146 valence electrons. The smallest absolute Gasteiger partial charge is 0.405 e. The highest BCUT2D eigenvalue weighted by Gasteiger charge is 2.28. The van der Waals surface area contributed by atoms with Crippen molar-refractivity contribution in [2.45, 2.75) is 20.0 Å². The zero-order chi connectivity index (χ0) is 20.0. The summed E-state index contributed by atoms with van der Waals surface area (Å²) in [6.45, 7) is 2.60. The van der Waals surface area contributed by atoms with Gasteiger partial charge in [0.05, 0.1) is 0 Å². The van der Waals surface area contributed by atoms with Crippen LogP contribution in [0, 0.1) is 19.7 Å². The number of hydrogen-bond donors (Lipinski definition) is 2. The molecular weight excluding hydrogens is 364 g/mol. The third-order valence-electron chi connectivity index (χ3n) is 3.76. The minimum absolute atomic E-state index is 0.190. The van der Waals surface area contributed by atoms with Gasteiger partial charge >= 0.3 is 6.18 Å². The molecular formula is C19H20F4N2O2. The summed E-state index contributed by atoms with van der Waals surface area (Å²) >= 11 is 0. The van der Waals surface area contributed by atoms with Gasteiger partial charge in [0.2, 0.25) is 0 Å². The Balaban J connectivity index is 1.96. The highest BCUT2D eigenvalue weighted by molar-refractivity contribution is 5.95. The molecule has 0 spiro atoms. The molecule has 0 heterocycles. The standard InChI is InChI=1S/C19H20F4N2O2/c1-12-3-5-15(6-4-12)27-8-7-24-17-10-14(9-16(20)13(17)2)18(26)25-11-19(21,22)23/h3-6,9-10,24H,7-8,11H2,1-2H3,(H,25,26). The summed E-state index contributed by atoms with van der Waals surface area (Å²) in [7, 11) is 0. The number of aryl methyl sites for hydroxylation is 1. The van der Waals surface area contributed by atoms with Gasteiger partial charge in [-0.1, -0.05) is 17.7 Å². The van der Waals surface area contributed by atoms with Crippen molar-refractivity contribution in [3.8, 4) is 5.75 Å². The van der Waals surface area contributed by atoms with Gasteiger partial charge in [0.1, 0.15) is 24.7 Å². The predicted molar refractivity (Wildman–Crippen MR) is 94.7 cm³/mol. The monoisotopic (exact) mass is 384 g/mol. The van der Waals surface area contributed by atoms with Gasteiger partial charge in [0, 0.05) is 23.4 Å². The number of rotatable bonds is 7. The molecule has 2 aromatic carbocycles. The van der Waals surface area contributed by atoms with Crippen LogP contribution in [0.25, 0.3) is 0 Å². The molecule has 0 saturated carbocycles. The molecule has 0 fully saturated rings. The van der Waals surface area contributed by atoms with Crippen molar-refractivity contribution < 1.29 is 27.1 Å². The average Bonchev–Trinajstić information content (AvgIpc) is 2.60. The zero-order valence-corrected chi connectivity index (χ0v) is 14.9. The van der Waals surface area contributed by atoms with Gasteiger partial charge in [-0.3, -0.25) is 4.79 Å². The van der Waals surface area contributed by atoms with Gasteiger partial charge in [-0.05, 0) is 38.1 Å². The first-order chi connectivity index (χ1) is 12.7. The number of carbonyl (C=O) groups excluding carboxylic acids is 1. The molecule has 2 rings (SSSR count). The molecule has 0 aliphatic rings. The molecule has 0 aromatic heterocycles. The van der Waals surface area contributed by atoms with E-state index in [1.807, 2.05) is 31.2 Å². The molecule has 4 nitrogen and oxygen atoms in total. The SMILES string of the molecule is Cc1ccc(OCCNc2cc(C(=O)NCC(F)(F)F)cc(F)c2C)cc1. The number of amides is 1. The van der Waals surface area contributed by atoms with E-state index in [9.17, 15) is 22.4 Å². The van der Waals surface area contributed by atoms with E-state index < -0.39 is 24.4 Å². The normalized spacial score (nSPS) is 11.2. The minimum Gasteiger partial charge on any atom is -0.492 e. The van der Waals surface area contributed by atoms with E-state index in [0.717, 1.165) is 11.6 Å². The van der Waals surface area contributed by atoms with Crippen molar-refractivity contribution in [2.75, 3.05) is 25.0 Å². The molecule has 0 atom stereocenters. The number of halogens is 4. The van der Waals surface area contributed by atoms with Crippen LogP contribution in [0.15, 0.2) is 36.4 Å². The van der Waals surface area contributed by atoms with Crippen molar-refractivity contribution in [3.63, 3.8) is 0 Å². The molecule has 0 aliphatic heterocycles. The largest absolute Gasteiger partial charge is 0.492 e. The van der Waals surface area contributed by atoms with Crippen molar-refractivity contribution in [1.29, 1.82) is 0 Å². The van der Waals surface area contributed by atoms with Crippen LogP contribution in [0.1, 0.15) is 21.5 Å². The zero-order valence-electron chi connectivity index (χ0n) is 14.9. The van der Waals surface area contributed by atoms with Crippen LogP contribution in [0.2, 0.25) is 0 Å². The topological polar surface area (TPSA) is 50.4 Å². The van der Waals surface area contributed by atoms with Crippen molar-refractivity contribution in [3.05, 3.63) is 58.9 Å². The Morgan fingerprint density at radius 2 is 1.78 bits per heavy atom. The van der Waals surface area contributed by atoms with E-state index in [4.69, 9.17) is 4.74 Å². The molecule has 0 aliphatic carbocycles. The summed E-state index contributed by atoms with van der Waals surface area (Å²) in [5.41, 5.74) is 1.49. The lowest BCUT2D eigenvalue weighted by molar-refractivity contribution is -0.123. The van der Waals surface area contributed by atoms with Gasteiger partial charge in [-0.15, -0.1) is 0 Å². The Bertz CT molecular complexity index is 790. The number of nitrogens with one attached hydrogen (secondary N) is 2. The fourth-order valence-electron chi connectivity index (χ4n) is 2.27. The molecule has 2 aromatic rings. The number of benzene rings is 2. The maximum absolute atomic E-state index is 14.0. The lowest BCUT2D eigenvalue weighted by Crippen LogP contribution is -2.33. The number of hydrogen-bond acceptors (Lipinski definition) is 3. The summed E-state index contributed by atoms with van der Waals surface area (Å²) in [6.07, 6.45) is -4.53. The van der Waals surface area contributed by atoms with Crippen LogP contribution in [-0.4, -0.2) is 31.8 Å². The maximum Gasteiger partial charge on any atom is 0.405 e. The highest BCUT2D eigenvalue weighted by Crippen LogP contribution is 2.21. The van der Waals surface area contributed by atoms with Gasteiger partial charge in [-0.25, -0.2) is 4.39 Å². The number of alkyl halides is 3. The van der Waals surface area contributed by atoms with Crippen molar-refractivity contribution >= 4 is 11.6 Å². The predicted octanol–water partition coefficient (Wildman–Crippen LogP) is 4.23. The third kappa shape index (κ3) is 6.47. The Morgan fingerprint density at radius 1 is 1.11 bits per heavy atom. The van der Waals surface area contributed by atoms with E-state index in [0.29, 0.717) is 18.0 Å². The fourth-order valence-corrected chi connectivity index (χ4v) is 2.27. The summed E-state index contributed by atoms with van der Waals surface area (Å²) in [6, 6.07) is 9.69. The Kier molecular flexibility index (Phi) is 6.65. The first-order valence-electron chi connectivity index (χ1n) is 8.24. The summed E-state index contributed by atoms with van der Waals surface area (Å²) < 4.78 is 56.2. The highest BCUT2D eigenvalue weighted by atomic mass is 19.4. The van der Waals surface area contributed by atoms with Crippen LogP contribution in [-0.2, 0) is 0 Å². The molecule has 8 heteroatoms. The average molecular weight is 384 g/mol. The summed E-state index contributed by atoms with van der Waals surface area (Å²) in [5, 5.41) is 4.66. The number of ether oxygens (including phenoxy) is 1. The maximum atomic E-state index is 14.0. The fraction of sp³-hybridized carbons (Fsp3) is 0.316. The summed E-state index contributed by atoms with van der Waals surface area (Å²) in [4.78, 5) is 11.8. The quantitative estimate of drug-likeness (QED) is 0.555. The van der Waals surface area contributed by atoms with Gasteiger partial charge < -0.3 is 15.4 Å². The van der Waals surface area contributed by atoms with Crippen molar-refractivity contribution in [1.82, 2.24) is 5.32 Å². The second-order valence-corrected chi connectivity index (χ2v) is 6.02. The van der Waals surface area contributed by atoms with E-state index in [2.05, 4.69) is 5.32 Å². The number of carbonyl (C=O) groups is 1. The molecule has 0 radical (unpaired) electrons. The molecule has 0 saturated heterocycles. The number of anilines is 1. The minimum atomic E-state index is -4.53. The van der Waals surface area contributed by atoms with E-state index in [1.165, 1.54) is 13.0 Å². The van der Waals surface area contributed by atoms with Crippen molar-refractivity contribution in [2.24, 2.45) is 0 Å². The van der Waals surface area contributed by atoms with Crippen LogP contribution in [0.5, 0.6) is 5.75 Å². The van der Waals surface area contributed by atoms with Crippen LogP contribution < -0.4 is 15.4 Å². The van der Waals surface area contributed by atoms with Gasteiger partial charge in [0.25, 0.3) is 5.91 Å². The van der Waals surface area contributed by atoms with Crippen LogP contribution >= 0.6 is 0 Å². The van der Waals surface area contributed by atoms with E-state index in [1.54, 1.807) is 5.32 Å². The third-order valence-corrected chi connectivity index (χ3v) is 3.76. The van der Waals surface area contributed by atoms with Crippen LogP contribution in [0.4, 0.5) is 23.2 Å². The first kappa shape index (κ1) is 20.5. The van der Waals surface area contributed by atoms with E-state index in [-0.39, 0.29) is 17.7 Å². The second-order valence-electron chi connectivity index (χ2n) is 6.02. The Hall–Kier alpha value is -2.77. The molecule has 0 bridgehead atoms. The Morgan fingerprint density at radius 3 is 2.41 bits per heavy atom.